The standard InChI is InChI=1S/C32H37N5O4/c1-4-40-27-19-25-26(20-28(27)41-5-2)35-32(39)30(25)31(22-9-7-6-8-10-22)34-23-11-13-24(14-12-23)36(3)29(38)21-37-17-15-33-16-18-37/h6-14,19-20,30,33H,4-5,15-18,21H2,1-3H3,(H,35,39). The molecule has 2 heterocycles. The molecule has 41 heavy (non-hydrogen) atoms. The number of anilines is 2. The molecule has 0 aromatic heterocycles. The van der Waals surface area contributed by atoms with Crippen LogP contribution in [0.5, 0.6) is 11.5 Å². The third-order valence-corrected chi connectivity index (χ3v) is 7.32. The number of piperazine rings is 1. The van der Waals surface area contributed by atoms with E-state index in [4.69, 9.17) is 14.5 Å². The molecule has 2 aliphatic heterocycles. The first-order valence-electron chi connectivity index (χ1n) is 14.2. The molecule has 1 atom stereocenters. The van der Waals surface area contributed by atoms with E-state index in [1.165, 1.54) is 0 Å². The molecule has 3 aromatic rings. The Morgan fingerprint density at radius 2 is 1.63 bits per heavy atom. The molecule has 0 bridgehead atoms. The molecule has 0 spiro atoms. The quantitative estimate of drug-likeness (QED) is 0.364. The van der Waals surface area contributed by atoms with Gasteiger partial charge in [0, 0.05) is 50.7 Å². The highest BCUT2D eigenvalue weighted by Crippen LogP contribution is 2.43. The summed E-state index contributed by atoms with van der Waals surface area (Å²) in [5, 5.41) is 6.33. The Kier molecular flexibility index (Phi) is 8.96. The van der Waals surface area contributed by atoms with Crippen molar-refractivity contribution in [3.63, 3.8) is 0 Å². The van der Waals surface area contributed by atoms with Crippen molar-refractivity contribution >= 4 is 34.6 Å². The van der Waals surface area contributed by atoms with E-state index >= 15 is 0 Å². The van der Waals surface area contributed by atoms with Gasteiger partial charge in [-0.15, -0.1) is 0 Å². The van der Waals surface area contributed by atoms with Crippen molar-refractivity contribution in [2.45, 2.75) is 19.8 Å². The zero-order chi connectivity index (χ0) is 28.8. The molecular weight excluding hydrogens is 518 g/mol. The minimum Gasteiger partial charge on any atom is -0.490 e. The first-order valence-corrected chi connectivity index (χ1v) is 14.2. The third kappa shape index (κ3) is 6.42. The smallest absolute Gasteiger partial charge is 0.240 e. The van der Waals surface area contributed by atoms with E-state index in [9.17, 15) is 9.59 Å². The molecule has 214 valence electrons. The van der Waals surface area contributed by atoms with Gasteiger partial charge in [0.2, 0.25) is 11.8 Å². The number of nitrogens with one attached hydrogen (secondary N) is 2. The Morgan fingerprint density at radius 3 is 2.29 bits per heavy atom. The fourth-order valence-corrected chi connectivity index (χ4v) is 5.18. The Morgan fingerprint density at radius 1 is 0.976 bits per heavy atom. The Labute approximate surface area is 241 Å². The van der Waals surface area contributed by atoms with Crippen molar-refractivity contribution in [2.75, 3.05) is 63.2 Å². The van der Waals surface area contributed by atoms with E-state index in [-0.39, 0.29) is 11.8 Å². The maximum Gasteiger partial charge on any atom is 0.240 e. The van der Waals surface area contributed by atoms with E-state index in [0.29, 0.717) is 48.3 Å². The van der Waals surface area contributed by atoms with Crippen LogP contribution in [-0.4, -0.2) is 75.4 Å². The van der Waals surface area contributed by atoms with Crippen LogP contribution in [0.25, 0.3) is 0 Å². The van der Waals surface area contributed by atoms with Crippen LogP contribution in [0.1, 0.15) is 30.9 Å². The first-order chi connectivity index (χ1) is 20.0. The third-order valence-electron chi connectivity index (χ3n) is 7.32. The largest absolute Gasteiger partial charge is 0.490 e. The molecule has 1 fully saturated rings. The van der Waals surface area contributed by atoms with Crippen molar-refractivity contribution < 1.29 is 19.1 Å². The average molecular weight is 556 g/mol. The van der Waals surface area contributed by atoms with Crippen molar-refractivity contribution in [3.8, 4) is 11.5 Å². The summed E-state index contributed by atoms with van der Waals surface area (Å²) in [6.07, 6.45) is 0. The highest BCUT2D eigenvalue weighted by atomic mass is 16.5. The minimum atomic E-state index is -0.634. The van der Waals surface area contributed by atoms with E-state index in [1.54, 1.807) is 11.9 Å². The van der Waals surface area contributed by atoms with Crippen LogP contribution in [-0.2, 0) is 9.59 Å². The number of aliphatic imine (C=N–C) groups is 1. The Hall–Kier alpha value is -4.21. The predicted molar refractivity (Wildman–Crippen MR) is 162 cm³/mol. The number of carbonyl (C=O) groups excluding carboxylic acids is 2. The average Bonchev–Trinajstić information content (AvgIpc) is 3.31. The zero-order valence-electron chi connectivity index (χ0n) is 23.9. The second-order valence-corrected chi connectivity index (χ2v) is 10.0. The van der Waals surface area contributed by atoms with Crippen molar-refractivity contribution in [1.82, 2.24) is 10.2 Å². The molecule has 9 heteroatoms. The number of fused-ring (bicyclic) bond motifs is 1. The normalized spacial score (nSPS) is 17.1. The number of likely N-dealkylation sites (N-methyl/N-ethyl adjacent to an activating group) is 1. The van der Waals surface area contributed by atoms with Gasteiger partial charge in [-0.1, -0.05) is 30.3 Å². The van der Waals surface area contributed by atoms with Crippen LogP contribution >= 0.6 is 0 Å². The Bertz CT molecular complexity index is 1400. The maximum atomic E-state index is 13.4. The first kappa shape index (κ1) is 28.3. The van der Waals surface area contributed by atoms with Crippen molar-refractivity contribution in [1.29, 1.82) is 0 Å². The zero-order valence-corrected chi connectivity index (χ0v) is 23.9. The second kappa shape index (κ2) is 13.0. The summed E-state index contributed by atoms with van der Waals surface area (Å²) >= 11 is 0. The topological polar surface area (TPSA) is 95.5 Å². The highest BCUT2D eigenvalue weighted by molar-refractivity contribution is 6.24. The van der Waals surface area contributed by atoms with Gasteiger partial charge < -0.3 is 25.0 Å². The summed E-state index contributed by atoms with van der Waals surface area (Å²) in [4.78, 5) is 35.2. The van der Waals surface area contributed by atoms with Gasteiger partial charge in [0.1, 0.15) is 5.92 Å². The number of carbonyl (C=O) groups is 2. The van der Waals surface area contributed by atoms with E-state index < -0.39 is 5.92 Å². The van der Waals surface area contributed by atoms with Crippen LogP contribution in [0, 0.1) is 0 Å². The van der Waals surface area contributed by atoms with Gasteiger partial charge in [0.25, 0.3) is 0 Å². The van der Waals surface area contributed by atoms with Crippen LogP contribution in [0.15, 0.2) is 71.7 Å². The molecule has 5 rings (SSSR count). The van der Waals surface area contributed by atoms with Crippen LogP contribution < -0.4 is 25.0 Å². The molecule has 2 N–H and O–H groups in total. The lowest BCUT2D eigenvalue weighted by atomic mass is 9.90. The van der Waals surface area contributed by atoms with Gasteiger partial charge in [-0.05, 0) is 55.3 Å². The van der Waals surface area contributed by atoms with Gasteiger partial charge in [0.05, 0.1) is 31.2 Å². The minimum absolute atomic E-state index is 0.0453. The fourth-order valence-electron chi connectivity index (χ4n) is 5.18. The number of hydrogen-bond acceptors (Lipinski definition) is 7. The van der Waals surface area contributed by atoms with Gasteiger partial charge >= 0.3 is 0 Å². The molecule has 0 aliphatic carbocycles. The predicted octanol–water partition coefficient (Wildman–Crippen LogP) is 4.21. The molecule has 1 saturated heterocycles. The number of hydrogen-bond donors (Lipinski definition) is 2. The molecule has 0 saturated carbocycles. The SMILES string of the molecule is CCOc1cc2c(cc1OCC)C(C(=Nc1ccc(N(C)C(=O)CN3CCNCC3)cc1)c1ccccc1)C(=O)N2. The highest BCUT2D eigenvalue weighted by Gasteiger charge is 2.37. The summed E-state index contributed by atoms with van der Waals surface area (Å²) in [5.74, 6) is 0.445. The van der Waals surface area contributed by atoms with Crippen molar-refractivity contribution in [2.24, 2.45) is 4.99 Å². The number of nitrogens with zero attached hydrogens (tertiary/aromatic N) is 3. The second-order valence-electron chi connectivity index (χ2n) is 10.0. The van der Waals surface area contributed by atoms with E-state index in [2.05, 4.69) is 15.5 Å². The monoisotopic (exact) mass is 555 g/mol. The Balaban J connectivity index is 1.45. The van der Waals surface area contributed by atoms with E-state index in [0.717, 1.165) is 43.0 Å². The maximum absolute atomic E-state index is 13.4. The van der Waals surface area contributed by atoms with Gasteiger partial charge in [-0.3, -0.25) is 19.5 Å². The molecule has 1 unspecified atom stereocenters. The van der Waals surface area contributed by atoms with Gasteiger partial charge in [-0.25, -0.2) is 0 Å². The molecule has 0 radical (unpaired) electrons. The summed E-state index contributed by atoms with van der Waals surface area (Å²) < 4.78 is 11.6. The lowest BCUT2D eigenvalue weighted by Crippen LogP contribution is -2.47. The van der Waals surface area contributed by atoms with E-state index in [1.807, 2.05) is 80.6 Å². The van der Waals surface area contributed by atoms with Crippen molar-refractivity contribution in [3.05, 3.63) is 77.9 Å². The molecule has 2 amide bonds. The van der Waals surface area contributed by atoms with Crippen LogP contribution in [0.4, 0.5) is 17.1 Å². The number of amides is 2. The van der Waals surface area contributed by atoms with Crippen LogP contribution in [0.3, 0.4) is 0 Å². The number of rotatable bonds is 10. The number of ether oxygens (including phenoxy) is 2. The fraction of sp³-hybridized carbons (Fsp3) is 0.344. The molecular formula is C32H37N5O4. The molecule has 2 aliphatic rings. The lowest BCUT2D eigenvalue weighted by molar-refractivity contribution is -0.119. The van der Waals surface area contributed by atoms with Gasteiger partial charge in [-0.2, -0.15) is 0 Å². The summed E-state index contributed by atoms with van der Waals surface area (Å²) in [6, 6.07) is 21.0. The molecule has 3 aromatic carbocycles. The van der Waals surface area contributed by atoms with Crippen LogP contribution in [0.2, 0.25) is 0 Å². The summed E-state index contributed by atoms with van der Waals surface area (Å²) in [7, 11) is 1.80. The summed E-state index contributed by atoms with van der Waals surface area (Å²) in [6.45, 7) is 8.72. The van der Waals surface area contributed by atoms with Gasteiger partial charge in [0.15, 0.2) is 11.5 Å². The lowest BCUT2D eigenvalue weighted by Gasteiger charge is -2.28. The summed E-state index contributed by atoms with van der Waals surface area (Å²) in [5.41, 5.74) is 4.44. The molecule has 9 nitrogen and oxygen atoms in total. The number of benzene rings is 3.